The highest BCUT2D eigenvalue weighted by Gasteiger charge is 2.44. The molecular formula is C21H28F2N4O2S. The van der Waals surface area contributed by atoms with Gasteiger partial charge in [0.1, 0.15) is 4.83 Å². The van der Waals surface area contributed by atoms with Gasteiger partial charge in [-0.1, -0.05) is 0 Å². The average Bonchev–Trinajstić information content (AvgIpc) is 3.32. The summed E-state index contributed by atoms with van der Waals surface area (Å²) in [5.74, 6) is -3.66. The van der Waals surface area contributed by atoms with E-state index in [1.165, 1.54) is 20.5 Å². The molecule has 2 heterocycles. The van der Waals surface area contributed by atoms with E-state index >= 15 is 0 Å². The van der Waals surface area contributed by atoms with Crippen molar-refractivity contribution in [2.45, 2.75) is 83.8 Å². The molecule has 30 heavy (non-hydrogen) atoms. The number of halogens is 2. The van der Waals surface area contributed by atoms with Crippen molar-refractivity contribution < 1.29 is 8.78 Å². The highest BCUT2D eigenvalue weighted by molar-refractivity contribution is 7.20. The monoisotopic (exact) mass is 438 g/mol. The van der Waals surface area contributed by atoms with E-state index in [0.29, 0.717) is 23.1 Å². The van der Waals surface area contributed by atoms with Crippen LogP contribution in [0.2, 0.25) is 0 Å². The smallest absolute Gasteiger partial charge is 0.305 e. The highest BCUT2D eigenvalue weighted by atomic mass is 32.1. The van der Waals surface area contributed by atoms with Crippen LogP contribution < -0.4 is 16.7 Å². The SMILES string of the molecule is Cc1c(C=NNC(C)(C)C)sc2c1c(=O)n(C1CC1)c(=O)n2CC1CCCC1(F)F. The maximum absolute atomic E-state index is 14.3. The molecule has 9 heteroatoms. The van der Waals surface area contributed by atoms with Gasteiger partial charge in [-0.15, -0.1) is 11.3 Å². The Bertz CT molecular complexity index is 1120. The first kappa shape index (κ1) is 21.2. The molecule has 0 radical (unpaired) electrons. The van der Waals surface area contributed by atoms with Crippen molar-refractivity contribution >= 4 is 27.8 Å². The van der Waals surface area contributed by atoms with Gasteiger partial charge in [0.2, 0.25) is 0 Å². The summed E-state index contributed by atoms with van der Waals surface area (Å²) >= 11 is 1.27. The third kappa shape index (κ3) is 3.84. The molecular weight excluding hydrogens is 410 g/mol. The summed E-state index contributed by atoms with van der Waals surface area (Å²) in [4.78, 5) is 27.6. The normalized spacial score (nSPS) is 21.7. The molecule has 0 bridgehead atoms. The average molecular weight is 439 g/mol. The molecule has 0 aliphatic heterocycles. The number of hydrazone groups is 1. The van der Waals surface area contributed by atoms with Gasteiger partial charge >= 0.3 is 5.69 Å². The van der Waals surface area contributed by atoms with Crippen molar-refractivity contribution in [3.63, 3.8) is 0 Å². The topological polar surface area (TPSA) is 68.4 Å². The molecule has 2 fully saturated rings. The Balaban J connectivity index is 1.86. The molecule has 4 rings (SSSR count). The summed E-state index contributed by atoms with van der Waals surface area (Å²) in [7, 11) is 0. The first-order valence-corrected chi connectivity index (χ1v) is 11.3. The fourth-order valence-electron chi connectivity index (χ4n) is 4.05. The van der Waals surface area contributed by atoms with E-state index in [9.17, 15) is 18.4 Å². The third-order valence-electron chi connectivity index (χ3n) is 5.84. The van der Waals surface area contributed by atoms with E-state index < -0.39 is 17.5 Å². The molecule has 164 valence electrons. The van der Waals surface area contributed by atoms with Crippen molar-refractivity contribution in [3.05, 3.63) is 31.3 Å². The zero-order chi connectivity index (χ0) is 21.8. The van der Waals surface area contributed by atoms with E-state index in [-0.39, 0.29) is 30.1 Å². The highest BCUT2D eigenvalue weighted by Crippen LogP contribution is 2.42. The number of nitrogens with one attached hydrogen (secondary N) is 1. The van der Waals surface area contributed by atoms with E-state index in [4.69, 9.17) is 0 Å². The summed E-state index contributed by atoms with van der Waals surface area (Å²) in [6.07, 6.45) is 3.89. The summed E-state index contributed by atoms with van der Waals surface area (Å²) in [6, 6.07) is -0.122. The van der Waals surface area contributed by atoms with Gasteiger partial charge in [0, 0.05) is 30.5 Å². The fraction of sp³-hybridized carbons (Fsp3) is 0.667. The van der Waals surface area contributed by atoms with Crippen molar-refractivity contribution in [2.75, 3.05) is 0 Å². The number of hydrogen-bond acceptors (Lipinski definition) is 5. The lowest BCUT2D eigenvalue weighted by molar-refractivity contribution is -0.0422. The molecule has 2 aliphatic rings. The maximum Gasteiger partial charge on any atom is 0.332 e. The van der Waals surface area contributed by atoms with Crippen LogP contribution in [-0.4, -0.2) is 26.8 Å². The largest absolute Gasteiger partial charge is 0.332 e. The second-order valence-electron chi connectivity index (χ2n) is 9.54. The van der Waals surface area contributed by atoms with Crippen LogP contribution in [0.15, 0.2) is 14.7 Å². The van der Waals surface area contributed by atoms with Crippen LogP contribution in [0.1, 0.15) is 69.4 Å². The Morgan fingerprint density at radius 2 is 1.97 bits per heavy atom. The van der Waals surface area contributed by atoms with Gasteiger partial charge in [0.05, 0.1) is 16.5 Å². The molecule has 2 aliphatic carbocycles. The molecule has 0 spiro atoms. The van der Waals surface area contributed by atoms with E-state index in [2.05, 4.69) is 10.5 Å². The van der Waals surface area contributed by atoms with Gasteiger partial charge in [-0.3, -0.25) is 13.9 Å². The molecule has 6 nitrogen and oxygen atoms in total. The predicted octanol–water partition coefficient (Wildman–Crippen LogP) is 4.03. The minimum absolute atomic E-state index is 0.0634. The number of aryl methyl sites for hydroxylation is 1. The van der Waals surface area contributed by atoms with Crippen LogP contribution in [0.3, 0.4) is 0 Å². The first-order chi connectivity index (χ1) is 14.0. The van der Waals surface area contributed by atoms with Gasteiger partial charge < -0.3 is 5.43 Å². The van der Waals surface area contributed by atoms with Crippen LogP contribution in [-0.2, 0) is 6.54 Å². The molecule has 2 aromatic heterocycles. The lowest BCUT2D eigenvalue weighted by Gasteiger charge is -2.21. The van der Waals surface area contributed by atoms with Gasteiger partial charge in [-0.25, -0.2) is 13.6 Å². The van der Waals surface area contributed by atoms with Gasteiger partial charge in [0.15, 0.2) is 0 Å². The van der Waals surface area contributed by atoms with Gasteiger partial charge in [0.25, 0.3) is 11.5 Å². The second-order valence-corrected chi connectivity index (χ2v) is 10.6. The van der Waals surface area contributed by atoms with Crippen molar-refractivity contribution in [1.29, 1.82) is 0 Å². The number of nitrogens with zero attached hydrogens (tertiary/aromatic N) is 3. The lowest BCUT2D eigenvalue weighted by Crippen LogP contribution is -2.41. The minimum Gasteiger partial charge on any atom is -0.305 e. The summed E-state index contributed by atoms with van der Waals surface area (Å²) in [6.45, 7) is 7.71. The van der Waals surface area contributed by atoms with Crippen LogP contribution in [0.25, 0.3) is 10.2 Å². The predicted molar refractivity (Wildman–Crippen MR) is 116 cm³/mol. The van der Waals surface area contributed by atoms with Crippen LogP contribution in [0.4, 0.5) is 8.78 Å². The van der Waals surface area contributed by atoms with Crippen molar-refractivity contribution in [3.8, 4) is 0 Å². The van der Waals surface area contributed by atoms with Crippen LogP contribution in [0.5, 0.6) is 0 Å². The Morgan fingerprint density at radius 3 is 2.53 bits per heavy atom. The Hall–Kier alpha value is -2.03. The molecule has 1 unspecified atom stereocenters. The van der Waals surface area contributed by atoms with Crippen LogP contribution in [0, 0.1) is 12.8 Å². The molecule has 2 aromatic rings. The number of thiophene rings is 1. The minimum atomic E-state index is -2.78. The Morgan fingerprint density at radius 1 is 1.27 bits per heavy atom. The quantitative estimate of drug-likeness (QED) is 0.566. The number of alkyl halides is 2. The number of hydrogen-bond donors (Lipinski definition) is 1. The fourth-order valence-corrected chi connectivity index (χ4v) is 5.22. The maximum atomic E-state index is 14.3. The van der Waals surface area contributed by atoms with Gasteiger partial charge in [-0.05, 0) is 58.9 Å². The molecule has 1 N–H and O–H groups in total. The van der Waals surface area contributed by atoms with Crippen molar-refractivity contribution in [1.82, 2.24) is 14.6 Å². The van der Waals surface area contributed by atoms with Crippen LogP contribution >= 0.6 is 11.3 Å². The summed E-state index contributed by atoms with van der Waals surface area (Å²) in [5.41, 5.74) is 2.76. The number of rotatable bonds is 5. The zero-order valence-electron chi connectivity index (χ0n) is 17.8. The second kappa shape index (κ2) is 7.28. The lowest BCUT2D eigenvalue weighted by atomic mass is 10.1. The molecule has 1 atom stereocenters. The van der Waals surface area contributed by atoms with Crippen molar-refractivity contribution in [2.24, 2.45) is 11.0 Å². The number of aromatic nitrogens is 2. The van der Waals surface area contributed by atoms with E-state index in [1.807, 2.05) is 27.7 Å². The summed E-state index contributed by atoms with van der Waals surface area (Å²) < 4.78 is 31.4. The third-order valence-corrected chi connectivity index (χ3v) is 7.09. The standard InChI is InChI=1S/C21H28F2N4O2S/c1-12-15(10-24-25-20(2,3)4)30-18-16(12)17(28)27(14-7-8-14)19(29)26(18)11-13-6-5-9-21(13,22)23/h10,13-14,25H,5-9,11H2,1-4H3. The Labute approximate surface area is 177 Å². The zero-order valence-corrected chi connectivity index (χ0v) is 18.6. The summed E-state index contributed by atoms with van der Waals surface area (Å²) in [5, 5.41) is 4.72. The Kier molecular flexibility index (Phi) is 5.15. The molecule has 2 saturated carbocycles. The first-order valence-electron chi connectivity index (χ1n) is 10.5. The van der Waals surface area contributed by atoms with E-state index in [1.54, 1.807) is 6.21 Å². The van der Waals surface area contributed by atoms with E-state index in [0.717, 1.165) is 23.3 Å². The number of fused-ring (bicyclic) bond motifs is 1. The molecule has 0 aromatic carbocycles. The van der Waals surface area contributed by atoms with Gasteiger partial charge in [-0.2, -0.15) is 5.10 Å². The molecule has 0 amide bonds. The molecule has 0 saturated heterocycles.